The highest BCUT2D eigenvalue weighted by molar-refractivity contribution is 4.98. The summed E-state index contributed by atoms with van der Waals surface area (Å²) in [7, 11) is 2.29. The van der Waals surface area contributed by atoms with E-state index < -0.39 is 0 Å². The summed E-state index contributed by atoms with van der Waals surface area (Å²) >= 11 is 0. The van der Waals surface area contributed by atoms with Crippen molar-refractivity contribution in [2.45, 2.75) is 64.5 Å². The standard InChI is InChI=1S/C16H32N2O/c1-15(2)8-5-14(6-9-15)18(4)16(3,12-17)13-7-10-19-11-13/h13-14H,5-12,17H2,1-4H3. The summed E-state index contributed by atoms with van der Waals surface area (Å²) in [5, 5.41) is 0. The van der Waals surface area contributed by atoms with Crippen LogP contribution in [0.2, 0.25) is 0 Å². The molecule has 2 rings (SSSR count). The molecule has 0 bridgehead atoms. The molecule has 3 heteroatoms. The first-order chi connectivity index (χ1) is 8.89. The van der Waals surface area contributed by atoms with Gasteiger partial charge in [0, 0.05) is 30.7 Å². The monoisotopic (exact) mass is 268 g/mol. The Morgan fingerprint density at radius 3 is 2.37 bits per heavy atom. The van der Waals surface area contributed by atoms with Crippen molar-refractivity contribution in [1.82, 2.24) is 4.90 Å². The van der Waals surface area contributed by atoms with Gasteiger partial charge in [-0.3, -0.25) is 4.90 Å². The highest BCUT2D eigenvalue weighted by Crippen LogP contribution is 2.40. The second kappa shape index (κ2) is 5.71. The highest BCUT2D eigenvalue weighted by atomic mass is 16.5. The molecule has 2 unspecified atom stereocenters. The van der Waals surface area contributed by atoms with Crippen molar-refractivity contribution >= 4 is 0 Å². The van der Waals surface area contributed by atoms with E-state index in [4.69, 9.17) is 10.5 Å². The molecule has 2 atom stereocenters. The van der Waals surface area contributed by atoms with Crippen LogP contribution in [0.1, 0.15) is 52.9 Å². The van der Waals surface area contributed by atoms with Gasteiger partial charge >= 0.3 is 0 Å². The number of rotatable bonds is 4. The molecule has 0 aromatic heterocycles. The third kappa shape index (κ3) is 3.14. The van der Waals surface area contributed by atoms with E-state index >= 15 is 0 Å². The van der Waals surface area contributed by atoms with Crippen LogP contribution in [0.4, 0.5) is 0 Å². The highest BCUT2D eigenvalue weighted by Gasteiger charge is 2.42. The first kappa shape index (κ1) is 15.3. The number of hydrogen-bond acceptors (Lipinski definition) is 3. The Hall–Kier alpha value is -0.120. The van der Waals surface area contributed by atoms with E-state index in [-0.39, 0.29) is 5.54 Å². The smallest absolute Gasteiger partial charge is 0.0513 e. The molecule has 1 heterocycles. The predicted octanol–water partition coefficient (Wildman–Crippen LogP) is 2.64. The zero-order chi connectivity index (χ0) is 14.1. The Bertz CT molecular complexity index is 289. The molecule has 0 aromatic rings. The molecule has 2 N–H and O–H groups in total. The Balaban J connectivity index is 2.02. The van der Waals surface area contributed by atoms with Gasteiger partial charge in [-0.2, -0.15) is 0 Å². The van der Waals surface area contributed by atoms with Crippen LogP contribution >= 0.6 is 0 Å². The second-order valence-corrected chi connectivity index (χ2v) is 7.63. The van der Waals surface area contributed by atoms with Gasteiger partial charge in [-0.05, 0) is 51.5 Å². The van der Waals surface area contributed by atoms with Crippen molar-refractivity contribution < 1.29 is 4.74 Å². The molecule has 0 spiro atoms. The molecule has 1 aliphatic carbocycles. The van der Waals surface area contributed by atoms with Crippen molar-refractivity contribution in [2.24, 2.45) is 17.1 Å². The molecule has 0 amide bonds. The van der Waals surface area contributed by atoms with E-state index in [9.17, 15) is 0 Å². The van der Waals surface area contributed by atoms with Crippen molar-refractivity contribution in [2.75, 3.05) is 26.8 Å². The van der Waals surface area contributed by atoms with E-state index in [1.807, 2.05) is 0 Å². The normalized spacial score (nSPS) is 31.6. The Morgan fingerprint density at radius 1 is 1.26 bits per heavy atom. The number of nitrogens with zero attached hydrogens (tertiary/aromatic N) is 1. The minimum absolute atomic E-state index is 0.0999. The summed E-state index contributed by atoms with van der Waals surface area (Å²) < 4.78 is 5.59. The third-order valence-corrected chi connectivity index (χ3v) is 5.88. The average Bonchev–Trinajstić information content (AvgIpc) is 2.91. The van der Waals surface area contributed by atoms with Gasteiger partial charge in [0.05, 0.1) is 6.61 Å². The lowest BCUT2D eigenvalue weighted by Crippen LogP contribution is -2.59. The first-order valence-corrected chi connectivity index (χ1v) is 7.90. The fraction of sp³-hybridized carbons (Fsp3) is 1.00. The van der Waals surface area contributed by atoms with Crippen LogP contribution in [-0.2, 0) is 4.74 Å². The third-order valence-electron chi connectivity index (χ3n) is 5.88. The summed E-state index contributed by atoms with van der Waals surface area (Å²) in [4.78, 5) is 2.58. The molecule has 1 aliphatic heterocycles. The second-order valence-electron chi connectivity index (χ2n) is 7.63. The summed E-state index contributed by atoms with van der Waals surface area (Å²) in [6, 6.07) is 0.696. The minimum atomic E-state index is 0.0999. The van der Waals surface area contributed by atoms with Gasteiger partial charge in [-0.1, -0.05) is 13.8 Å². The van der Waals surface area contributed by atoms with Gasteiger partial charge in [0.2, 0.25) is 0 Å². The fourth-order valence-electron chi connectivity index (χ4n) is 3.81. The molecule has 112 valence electrons. The van der Waals surface area contributed by atoms with Crippen LogP contribution in [-0.4, -0.2) is 43.3 Å². The SMILES string of the molecule is CN(C1CCC(C)(C)CC1)C(C)(CN)C1CCOC1. The molecule has 0 aromatic carbocycles. The minimum Gasteiger partial charge on any atom is -0.381 e. The zero-order valence-electron chi connectivity index (χ0n) is 13.2. The van der Waals surface area contributed by atoms with Gasteiger partial charge in [-0.15, -0.1) is 0 Å². The maximum atomic E-state index is 6.15. The lowest BCUT2D eigenvalue weighted by molar-refractivity contribution is 0.00667. The van der Waals surface area contributed by atoms with Crippen molar-refractivity contribution in [3.05, 3.63) is 0 Å². The molecular weight excluding hydrogens is 236 g/mol. The lowest BCUT2D eigenvalue weighted by atomic mass is 9.73. The zero-order valence-corrected chi connectivity index (χ0v) is 13.2. The van der Waals surface area contributed by atoms with Crippen molar-refractivity contribution in [3.63, 3.8) is 0 Å². The molecular formula is C16H32N2O. The number of nitrogens with two attached hydrogens (primary N) is 1. The number of ether oxygens (including phenoxy) is 1. The van der Waals surface area contributed by atoms with Crippen LogP contribution in [0.5, 0.6) is 0 Å². The summed E-state index contributed by atoms with van der Waals surface area (Å²) in [6.07, 6.45) is 6.46. The molecule has 3 nitrogen and oxygen atoms in total. The van der Waals surface area contributed by atoms with E-state index in [1.54, 1.807) is 0 Å². The van der Waals surface area contributed by atoms with Gasteiger partial charge in [0.1, 0.15) is 0 Å². The molecule has 1 saturated heterocycles. The Labute approximate surface area is 118 Å². The number of hydrogen-bond donors (Lipinski definition) is 1. The Morgan fingerprint density at radius 2 is 1.89 bits per heavy atom. The van der Waals surface area contributed by atoms with E-state index in [0.717, 1.165) is 26.2 Å². The van der Waals surface area contributed by atoms with Gasteiger partial charge in [0.25, 0.3) is 0 Å². The predicted molar refractivity (Wildman–Crippen MR) is 80.2 cm³/mol. The van der Waals surface area contributed by atoms with Crippen LogP contribution < -0.4 is 5.73 Å². The van der Waals surface area contributed by atoms with E-state index in [1.165, 1.54) is 25.7 Å². The molecule has 2 fully saturated rings. The first-order valence-electron chi connectivity index (χ1n) is 7.90. The summed E-state index contributed by atoms with van der Waals surface area (Å²) in [5.41, 5.74) is 6.79. The maximum absolute atomic E-state index is 6.15. The van der Waals surface area contributed by atoms with E-state index in [0.29, 0.717) is 17.4 Å². The fourth-order valence-corrected chi connectivity index (χ4v) is 3.81. The van der Waals surface area contributed by atoms with Crippen LogP contribution in [0.15, 0.2) is 0 Å². The van der Waals surface area contributed by atoms with Crippen molar-refractivity contribution in [1.29, 1.82) is 0 Å². The van der Waals surface area contributed by atoms with Gasteiger partial charge < -0.3 is 10.5 Å². The van der Waals surface area contributed by atoms with Crippen LogP contribution in [0.25, 0.3) is 0 Å². The topological polar surface area (TPSA) is 38.5 Å². The van der Waals surface area contributed by atoms with Crippen LogP contribution in [0, 0.1) is 11.3 Å². The van der Waals surface area contributed by atoms with Crippen molar-refractivity contribution in [3.8, 4) is 0 Å². The van der Waals surface area contributed by atoms with Gasteiger partial charge in [-0.25, -0.2) is 0 Å². The molecule has 1 saturated carbocycles. The maximum Gasteiger partial charge on any atom is 0.0513 e. The summed E-state index contributed by atoms with van der Waals surface area (Å²) in [6.45, 7) is 9.66. The average molecular weight is 268 g/mol. The van der Waals surface area contributed by atoms with E-state index in [2.05, 4.69) is 32.7 Å². The largest absolute Gasteiger partial charge is 0.381 e. The number of likely N-dealkylation sites (N-methyl/N-ethyl adjacent to an activating group) is 1. The van der Waals surface area contributed by atoms with Crippen LogP contribution in [0.3, 0.4) is 0 Å². The molecule has 19 heavy (non-hydrogen) atoms. The molecule has 2 aliphatic rings. The lowest BCUT2D eigenvalue weighted by Gasteiger charge is -2.49. The summed E-state index contributed by atoms with van der Waals surface area (Å²) in [5.74, 6) is 0.595. The quantitative estimate of drug-likeness (QED) is 0.852. The molecule has 0 radical (unpaired) electrons. The Kier molecular flexibility index (Phi) is 4.59. The van der Waals surface area contributed by atoms with Gasteiger partial charge in [0.15, 0.2) is 0 Å².